The van der Waals surface area contributed by atoms with E-state index in [1.807, 2.05) is 68.5 Å². The number of methoxy groups -OCH3 is 1. The highest BCUT2D eigenvalue weighted by Crippen LogP contribution is 2.55. The first kappa shape index (κ1) is 23.3. The van der Waals surface area contributed by atoms with Crippen LogP contribution in [0, 0.1) is 5.41 Å². The number of hydrogen-bond donors (Lipinski definition) is 1. The lowest BCUT2D eigenvalue weighted by Gasteiger charge is -2.53. The van der Waals surface area contributed by atoms with Gasteiger partial charge in [-0.15, -0.1) is 0 Å². The van der Waals surface area contributed by atoms with Crippen LogP contribution < -0.4 is 5.32 Å². The maximum atomic E-state index is 14.2. The molecule has 7 nitrogen and oxygen atoms in total. The van der Waals surface area contributed by atoms with E-state index in [2.05, 4.69) is 5.32 Å². The van der Waals surface area contributed by atoms with Crippen LogP contribution in [0.25, 0.3) is 0 Å². The van der Waals surface area contributed by atoms with Gasteiger partial charge >= 0.3 is 6.03 Å². The van der Waals surface area contributed by atoms with E-state index in [-0.39, 0.29) is 18.5 Å². The third kappa shape index (κ3) is 3.19. The van der Waals surface area contributed by atoms with Gasteiger partial charge < -0.3 is 10.1 Å². The molecule has 0 aromatic heterocycles. The normalized spacial score (nSPS) is 30.8. The predicted octanol–water partition coefficient (Wildman–Crippen LogP) is 5.25. The maximum absolute atomic E-state index is 14.2. The number of ether oxygens (including phenoxy) is 1. The van der Waals surface area contributed by atoms with Crippen LogP contribution in [-0.2, 0) is 9.53 Å². The van der Waals surface area contributed by atoms with Crippen LogP contribution >= 0.6 is 23.2 Å². The molecule has 3 heterocycles. The van der Waals surface area contributed by atoms with Crippen molar-refractivity contribution in [2.45, 2.75) is 31.5 Å². The second kappa shape index (κ2) is 7.93. The van der Waals surface area contributed by atoms with E-state index in [0.717, 1.165) is 11.1 Å². The monoisotopic (exact) mass is 522 g/mol. The van der Waals surface area contributed by atoms with E-state index >= 15 is 0 Å². The number of aliphatic imine (C=N–C) groups is 1. The van der Waals surface area contributed by atoms with Gasteiger partial charge in [0.25, 0.3) is 0 Å². The summed E-state index contributed by atoms with van der Waals surface area (Å²) in [5.41, 5.74) is 1.38. The zero-order valence-electron chi connectivity index (χ0n) is 20.0. The number of fused-ring (bicyclic) bond motifs is 2. The summed E-state index contributed by atoms with van der Waals surface area (Å²) in [6, 6.07) is 13.8. The van der Waals surface area contributed by atoms with Crippen molar-refractivity contribution in [2.75, 3.05) is 13.7 Å². The number of nitrogens with one attached hydrogen (secondary N) is 1. The van der Waals surface area contributed by atoms with Crippen LogP contribution in [0.3, 0.4) is 0 Å². The van der Waals surface area contributed by atoms with Gasteiger partial charge in [-0.05, 0) is 55.3 Å². The first-order valence-electron chi connectivity index (χ1n) is 11.7. The molecule has 2 aromatic carbocycles. The van der Waals surface area contributed by atoms with Gasteiger partial charge in [0.1, 0.15) is 24.0 Å². The molecule has 0 saturated carbocycles. The number of rotatable bonds is 3. The Morgan fingerprint density at radius 1 is 1.03 bits per heavy atom. The number of hydrogen-bond acceptors (Lipinski definition) is 4. The van der Waals surface area contributed by atoms with Gasteiger partial charge in [0.2, 0.25) is 5.91 Å². The zero-order valence-corrected chi connectivity index (χ0v) is 21.5. The van der Waals surface area contributed by atoms with Crippen molar-refractivity contribution >= 4 is 41.0 Å². The van der Waals surface area contributed by atoms with Gasteiger partial charge in [0, 0.05) is 17.2 Å². The van der Waals surface area contributed by atoms with E-state index in [1.54, 1.807) is 23.0 Å². The van der Waals surface area contributed by atoms with Crippen LogP contribution in [0.1, 0.15) is 37.1 Å². The number of carbonyl (C=O) groups is 2. The Labute approximate surface area is 219 Å². The molecular formula is C27H24Cl2N4O3. The predicted molar refractivity (Wildman–Crippen MR) is 138 cm³/mol. The molecule has 1 aliphatic carbocycles. The van der Waals surface area contributed by atoms with Gasteiger partial charge in [-0.25, -0.2) is 4.79 Å². The Bertz CT molecular complexity index is 1400. The van der Waals surface area contributed by atoms with Gasteiger partial charge in [0.15, 0.2) is 0 Å². The molecular weight excluding hydrogens is 499 g/mol. The molecule has 4 unspecified atom stereocenters. The molecule has 1 saturated heterocycles. The molecule has 6 rings (SSSR count). The quantitative estimate of drug-likeness (QED) is 0.559. The van der Waals surface area contributed by atoms with E-state index in [9.17, 15) is 9.59 Å². The Hall–Kier alpha value is -3.13. The van der Waals surface area contributed by atoms with Crippen LogP contribution in [0.15, 0.2) is 77.1 Å². The molecule has 0 bridgehead atoms. The Morgan fingerprint density at radius 3 is 2.47 bits per heavy atom. The van der Waals surface area contributed by atoms with Crippen LogP contribution in [0.4, 0.5) is 4.79 Å². The molecule has 4 aliphatic rings. The fraction of sp³-hybridized carbons (Fsp3) is 0.296. The van der Waals surface area contributed by atoms with Crippen molar-refractivity contribution in [2.24, 2.45) is 10.4 Å². The lowest BCUT2D eigenvalue weighted by Crippen LogP contribution is -2.65. The van der Waals surface area contributed by atoms with Crippen molar-refractivity contribution in [1.82, 2.24) is 15.1 Å². The van der Waals surface area contributed by atoms with Crippen molar-refractivity contribution in [3.8, 4) is 0 Å². The lowest BCUT2D eigenvalue weighted by molar-refractivity contribution is -0.122. The molecule has 9 heteroatoms. The molecule has 1 fully saturated rings. The van der Waals surface area contributed by atoms with E-state index < -0.39 is 23.1 Å². The molecule has 3 amide bonds. The molecule has 184 valence electrons. The number of benzene rings is 2. The summed E-state index contributed by atoms with van der Waals surface area (Å²) in [6.07, 6.45) is 3.95. The van der Waals surface area contributed by atoms with E-state index in [1.165, 1.54) is 0 Å². The number of amides is 3. The fourth-order valence-corrected chi connectivity index (χ4v) is 6.02. The van der Waals surface area contributed by atoms with Crippen molar-refractivity contribution in [3.63, 3.8) is 0 Å². The summed E-state index contributed by atoms with van der Waals surface area (Å²) in [7, 11) is 1.58. The number of carbonyl (C=O) groups excluding carboxylic acids is 2. The molecule has 2 aromatic rings. The first-order valence-corrected chi connectivity index (χ1v) is 12.4. The fourth-order valence-electron chi connectivity index (χ4n) is 5.70. The highest BCUT2D eigenvalue weighted by atomic mass is 35.5. The van der Waals surface area contributed by atoms with Gasteiger partial charge in [-0.2, -0.15) is 0 Å². The van der Waals surface area contributed by atoms with Crippen molar-refractivity contribution in [1.29, 1.82) is 0 Å². The molecule has 0 spiro atoms. The Morgan fingerprint density at radius 2 is 1.78 bits per heavy atom. The highest BCUT2D eigenvalue weighted by molar-refractivity contribution is 6.30. The number of urea groups is 1. The van der Waals surface area contributed by atoms with Crippen LogP contribution in [0.2, 0.25) is 10.0 Å². The van der Waals surface area contributed by atoms with Crippen molar-refractivity contribution < 1.29 is 14.3 Å². The van der Waals surface area contributed by atoms with Crippen LogP contribution in [0.5, 0.6) is 0 Å². The van der Waals surface area contributed by atoms with E-state index in [4.69, 9.17) is 32.9 Å². The Balaban J connectivity index is 1.59. The SMILES string of the molecule is COC1(C)C=CC2(C)C3=NC(c4ccc(Cl)cc4)C(c4cccc(Cl)c4)N3C(=O)N3CC(=O)NC1=C32. The molecule has 4 atom stereocenters. The highest BCUT2D eigenvalue weighted by Gasteiger charge is 2.60. The first-order chi connectivity index (χ1) is 17.2. The third-order valence-corrected chi connectivity index (χ3v) is 8.08. The Kier molecular flexibility index (Phi) is 5.13. The minimum absolute atomic E-state index is 0.0848. The minimum Gasteiger partial charge on any atom is -0.368 e. The molecule has 1 N–H and O–H groups in total. The largest absolute Gasteiger partial charge is 0.368 e. The van der Waals surface area contributed by atoms with E-state index in [0.29, 0.717) is 27.3 Å². The summed E-state index contributed by atoms with van der Waals surface area (Å²) >= 11 is 12.6. The second-order valence-electron chi connectivity index (χ2n) is 9.81. The minimum atomic E-state index is -0.882. The standard InChI is InChI=1S/C27H24Cl2N4O3/c1-26-11-12-27(2,36-3)22-23(26)32(14-19(34)30-22)25(35)33-21(16-5-4-6-18(29)13-16)20(31-24(26)33)15-7-9-17(28)10-8-15/h4-13,20-21H,14H2,1-3H3,(H,30,34). The maximum Gasteiger partial charge on any atom is 0.330 e. The number of nitrogens with zero attached hydrogens (tertiary/aromatic N) is 3. The third-order valence-electron chi connectivity index (χ3n) is 7.59. The summed E-state index contributed by atoms with van der Waals surface area (Å²) in [4.78, 5) is 35.5. The zero-order chi connectivity index (χ0) is 25.4. The summed E-state index contributed by atoms with van der Waals surface area (Å²) in [5.74, 6) is 0.350. The lowest BCUT2D eigenvalue weighted by atomic mass is 9.72. The molecule has 36 heavy (non-hydrogen) atoms. The topological polar surface area (TPSA) is 74.2 Å². The molecule has 0 radical (unpaired) electrons. The van der Waals surface area contributed by atoms with Gasteiger partial charge in [-0.1, -0.05) is 53.5 Å². The second-order valence-corrected chi connectivity index (χ2v) is 10.7. The smallest absolute Gasteiger partial charge is 0.330 e. The number of amidine groups is 1. The molecule has 3 aliphatic heterocycles. The summed E-state index contributed by atoms with van der Waals surface area (Å²) in [6.45, 7) is 3.81. The summed E-state index contributed by atoms with van der Waals surface area (Å²) in [5, 5.41) is 4.17. The average Bonchev–Trinajstić information content (AvgIpc) is 3.27. The number of halogens is 2. The summed E-state index contributed by atoms with van der Waals surface area (Å²) < 4.78 is 5.78. The van der Waals surface area contributed by atoms with Crippen molar-refractivity contribution in [3.05, 3.63) is 93.2 Å². The van der Waals surface area contributed by atoms with Gasteiger partial charge in [-0.3, -0.25) is 19.6 Å². The van der Waals surface area contributed by atoms with Crippen LogP contribution in [-0.4, -0.2) is 46.8 Å². The average molecular weight is 523 g/mol. The van der Waals surface area contributed by atoms with Gasteiger partial charge in [0.05, 0.1) is 22.9 Å².